The zero-order valence-corrected chi connectivity index (χ0v) is 29.7. The zero-order valence-electron chi connectivity index (χ0n) is 29.0. The molecule has 2 saturated heterocycles. The summed E-state index contributed by atoms with van der Waals surface area (Å²) >= 11 is 6.30. The molecule has 0 amide bonds. The van der Waals surface area contributed by atoms with Gasteiger partial charge >= 0.3 is 5.97 Å². The van der Waals surface area contributed by atoms with E-state index >= 15 is 0 Å². The van der Waals surface area contributed by atoms with Crippen LogP contribution < -0.4 is 10.1 Å². The molecule has 3 aliphatic carbocycles. The number of likely N-dealkylation sites (tertiary alicyclic amines) is 1. The summed E-state index contributed by atoms with van der Waals surface area (Å²) in [5, 5.41) is 14.7. The van der Waals surface area contributed by atoms with Gasteiger partial charge in [0.25, 0.3) is 0 Å². The molecule has 0 radical (unpaired) electrons. The topological polar surface area (TPSA) is 83.9 Å². The van der Waals surface area contributed by atoms with E-state index in [4.69, 9.17) is 21.1 Å². The first-order chi connectivity index (χ1) is 23.7. The molecule has 3 atom stereocenters. The number of nitrogens with zero attached hydrogens (tertiary/aromatic N) is 2. The number of anilines is 1. The Kier molecular flexibility index (Phi) is 8.69. The normalized spacial score (nSPS) is 29.0. The Hall–Kier alpha value is -3.13. The van der Waals surface area contributed by atoms with E-state index in [-0.39, 0.29) is 11.0 Å². The van der Waals surface area contributed by atoms with Gasteiger partial charge in [-0.2, -0.15) is 0 Å². The first kappa shape index (κ1) is 33.0. The second-order valence-electron chi connectivity index (χ2n) is 16.1. The average molecular weight is 684 g/mol. The van der Waals surface area contributed by atoms with E-state index in [1.807, 2.05) is 30.5 Å². The number of pyridine rings is 1. The Labute approximate surface area is 295 Å². The van der Waals surface area contributed by atoms with Gasteiger partial charge in [0, 0.05) is 41.3 Å². The van der Waals surface area contributed by atoms with E-state index in [2.05, 4.69) is 53.3 Å². The highest BCUT2D eigenvalue weighted by atomic mass is 35.5. The number of nitrogens with one attached hydrogen (secondary N) is 1. The number of benzene rings is 2. The lowest BCUT2D eigenvalue weighted by molar-refractivity contribution is -0.195. The van der Waals surface area contributed by atoms with E-state index in [1.165, 1.54) is 47.2 Å². The molecule has 1 aromatic heterocycles. The van der Waals surface area contributed by atoms with Crippen LogP contribution in [0.1, 0.15) is 99.1 Å². The van der Waals surface area contributed by atoms with Crippen molar-refractivity contribution in [1.82, 2.24) is 9.88 Å². The van der Waals surface area contributed by atoms with Crippen molar-refractivity contribution in [3.05, 3.63) is 87.7 Å². The smallest absolute Gasteiger partial charge is 0.329 e. The van der Waals surface area contributed by atoms with Crippen LogP contribution in [-0.4, -0.2) is 58.4 Å². The molecule has 5 aliphatic rings. The summed E-state index contributed by atoms with van der Waals surface area (Å²) in [6, 6.07) is 16.7. The highest BCUT2D eigenvalue weighted by molar-refractivity contribution is 6.30. The van der Waals surface area contributed by atoms with Gasteiger partial charge in [0.2, 0.25) is 0 Å². The number of carboxylic acid groups (broad SMARTS) is 1. The van der Waals surface area contributed by atoms with Gasteiger partial charge in [-0.1, -0.05) is 49.7 Å². The third-order valence-corrected chi connectivity index (χ3v) is 13.2. The molecule has 3 fully saturated rings. The molecule has 3 heterocycles. The molecular formula is C41H50ClN3O4. The predicted octanol–water partition coefficient (Wildman–Crippen LogP) is 8.17. The van der Waals surface area contributed by atoms with E-state index in [9.17, 15) is 9.90 Å². The number of aryl methyl sites for hydroxylation is 1. The molecular weight excluding hydrogens is 634 g/mol. The van der Waals surface area contributed by atoms with E-state index < -0.39 is 11.5 Å². The van der Waals surface area contributed by atoms with Crippen LogP contribution in [0, 0.1) is 11.8 Å². The highest BCUT2D eigenvalue weighted by Gasteiger charge is 2.55. The van der Waals surface area contributed by atoms with Gasteiger partial charge in [0.15, 0.2) is 0 Å². The van der Waals surface area contributed by atoms with Crippen molar-refractivity contribution >= 4 is 23.3 Å². The maximum atomic E-state index is 13.0. The minimum Gasteiger partial charge on any atom is -0.493 e. The van der Waals surface area contributed by atoms with E-state index in [0.29, 0.717) is 42.2 Å². The molecule has 0 bridgehead atoms. The Morgan fingerprint density at radius 2 is 1.98 bits per heavy atom. The molecule has 2 aromatic carbocycles. The summed E-state index contributed by atoms with van der Waals surface area (Å²) < 4.78 is 12.2. The van der Waals surface area contributed by atoms with Gasteiger partial charge in [-0.15, -0.1) is 0 Å². The van der Waals surface area contributed by atoms with Crippen LogP contribution in [0.4, 0.5) is 5.69 Å². The number of aliphatic carboxylic acids is 1. The van der Waals surface area contributed by atoms with Crippen LogP contribution in [-0.2, 0) is 34.3 Å². The number of hydrogen-bond acceptors (Lipinski definition) is 6. The van der Waals surface area contributed by atoms with E-state index in [0.717, 1.165) is 69.8 Å². The molecule has 260 valence electrons. The van der Waals surface area contributed by atoms with Gasteiger partial charge < -0.3 is 19.9 Å². The van der Waals surface area contributed by atoms with Crippen molar-refractivity contribution in [2.24, 2.45) is 11.8 Å². The quantitative estimate of drug-likeness (QED) is 0.223. The van der Waals surface area contributed by atoms with Crippen LogP contribution >= 0.6 is 11.6 Å². The number of ether oxygens (including phenoxy) is 2. The molecule has 2 N–H and O–H groups in total. The number of halogens is 1. The molecule has 1 saturated carbocycles. The van der Waals surface area contributed by atoms with Crippen molar-refractivity contribution in [3.63, 3.8) is 0 Å². The van der Waals surface area contributed by atoms with Crippen LogP contribution in [0.5, 0.6) is 5.75 Å². The second-order valence-corrected chi connectivity index (χ2v) is 16.5. The summed E-state index contributed by atoms with van der Waals surface area (Å²) in [6.45, 7) is 9.07. The maximum absolute atomic E-state index is 13.0. The van der Waals surface area contributed by atoms with Crippen molar-refractivity contribution < 1.29 is 19.4 Å². The highest BCUT2D eigenvalue weighted by Crippen LogP contribution is 2.56. The first-order valence-electron chi connectivity index (χ1n) is 18.5. The fourth-order valence-electron chi connectivity index (χ4n) is 9.96. The molecule has 2 aliphatic heterocycles. The Bertz CT molecular complexity index is 1710. The standard InChI is InChI=1S/C41H50ClN3O4/c1-27(24-49-36-11-17-43-35-8-3-5-28(2)37(35)36)19-31-21-30-10-9-29(23-45-18-16-39(45)25-48-26-39)20-34(30)40(31)12-14-41(15-13-40,38(46)47)44-33-7-4-6-32(42)22-33/h4,6-7,9-11,17,20,22,27-28,31,44H,3,5,8,12-16,18-19,21,23-26H2,1-2H3,(H,46,47)/t27-,28-,31+,40?,41?/m1/s1. The number of rotatable bonds is 10. The van der Waals surface area contributed by atoms with Gasteiger partial charge in [-0.25, -0.2) is 4.79 Å². The van der Waals surface area contributed by atoms with Crippen molar-refractivity contribution in [3.8, 4) is 5.75 Å². The molecule has 8 rings (SSSR count). The summed E-state index contributed by atoms with van der Waals surface area (Å²) in [6.07, 6.45) is 11.4. The second kappa shape index (κ2) is 12.9. The fraction of sp³-hybridized carbons (Fsp3) is 0.561. The van der Waals surface area contributed by atoms with Crippen LogP contribution in [0.2, 0.25) is 5.02 Å². The Balaban J connectivity index is 1.04. The summed E-state index contributed by atoms with van der Waals surface area (Å²) in [7, 11) is 0. The number of carbonyl (C=O) groups is 1. The number of fused-ring (bicyclic) bond motifs is 3. The first-order valence-corrected chi connectivity index (χ1v) is 18.9. The minimum atomic E-state index is -1.03. The summed E-state index contributed by atoms with van der Waals surface area (Å²) in [4.78, 5) is 20.3. The van der Waals surface area contributed by atoms with Gasteiger partial charge in [0.1, 0.15) is 11.3 Å². The third-order valence-electron chi connectivity index (χ3n) is 13.0. The third kappa shape index (κ3) is 5.94. The lowest BCUT2D eigenvalue weighted by Crippen LogP contribution is -2.70. The lowest BCUT2D eigenvalue weighted by Gasteiger charge is -2.57. The molecule has 7 nitrogen and oxygen atoms in total. The predicted molar refractivity (Wildman–Crippen MR) is 193 cm³/mol. The fourth-order valence-corrected chi connectivity index (χ4v) is 10.2. The largest absolute Gasteiger partial charge is 0.493 e. The lowest BCUT2D eigenvalue weighted by atomic mass is 9.59. The average Bonchev–Trinajstić information content (AvgIpc) is 3.34. The maximum Gasteiger partial charge on any atom is 0.329 e. The molecule has 49 heavy (non-hydrogen) atoms. The Morgan fingerprint density at radius 1 is 1.14 bits per heavy atom. The molecule has 0 unspecified atom stereocenters. The SMILES string of the molecule is C[C@@H](COc1ccnc2c1[C@H](C)CCC2)C[C@H]1Cc2ccc(CN3CCC34COC4)cc2C12CCC(Nc1cccc(Cl)c1)(C(=O)O)CC2. The summed E-state index contributed by atoms with van der Waals surface area (Å²) in [5.74, 6) is 1.48. The van der Waals surface area contributed by atoms with Crippen LogP contribution in [0.3, 0.4) is 0 Å². The van der Waals surface area contributed by atoms with Crippen molar-refractivity contribution in [2.45, 2.75) is 107 Å². The molecule has 3 aromatic rings. The van der Waals surface area contributed by atoms with Crippen molar-refractivity contribution in [2.75, 3.05) is 31.7 Å². The number of aromatic nitrogens is 1. The monoisotopic (exact) mass is 683 g/mol. The number of carboxylic acids is 1. The van der Waals surface area contributed by atoms with Gasteiger partial charge in [0.05, 0.1) is 25.4 Å². The van der Waals surface area contributed by atoms with Crippen molar-refractivity contribution in [1.29, 1.82) is 0 Å². The molecule has 8 heteroatoms. The zero-order chi connectivity index (χ0) is 33.8. The minimum absolute atomic E-state index is 0.0644. The van der Waals surface area contributed by atoms with Crippen LogP contribution in [0.15, 0.2) is 54.7 Å². The summed E-state index contributed by atoms with van der Waals surface area (Å²) in [5.41, 5.74) is 6.69. The van der Waals surface area contributed by atoms with Gasteiger partial charge in [-0.3, -0.25) is 9.88 Å². The molecule has 2 spiro atoms. The number of hydrogen-bond donors (Lipinski definition) is 2. The van der Waals surface area contributed by atoms with E-state index in [1.54, 1.807) is 0 Å². The van der Waals surface area contributed by atoms with Crippen LogP contribution in [0.25, 0.3) is 0 Å². The van der Waals surface area contributed by atoms with Gasteiger partial charge in [-0.05, 0) is 128 Å². The Morgan fingerprint density at radius 3 is 2.69 bits per heavy atom.